The summed E-state index contributed by atoms with van der Waals surface area (Å²) in [4.78, 5) is 32.2. The van der Waals surface area contributed by atoms with Crippen LogP contribution < -0.4 is 10.6 Å². The third kappa shape index (κ3) is 5.03. The Bertz CT molecular complexity index is 1390. The highest BCUT2D eigenvalue weighted by atomic mass is 19.3. The maximum absolute atomic E-state index is 13.9. The molecule has 11 nitrogen and oxygen atoms in total. The number of anilines is 2. The van der Waals surface area contributed by atoms with E-state index in [1.807, 2.05) is 0 Å². The Kier molecular flexibility index (Phi) is 6.75. The minimum absolute atomic E-state index is 0.0560. The zero-order chi connectivity index (χ0) is 26.9. The number of hydrogen-bond acceptors (Lipinski definition) is 8. The maximum atomic E-state index is 13.9. The fraction of sp³-hybridized carbons (Fsp3) is 0.318. The van der Waals surface area contributed by atoms with Crippen molar-refractivity contribution >= 4 is 23.5 Å². The Balaban J connectivity index is 1.45. The first kappa shape index (κ1) is 25.5. The summed E-state index contributed by atoms with van der Waals surface area (Å²) < 4.78 is 59.4. The second kappa shape index (κ2) is 9.80. The smallest absolute Gasteiger partial charge is 0.413 e. The minimum atomic E-state index is -2.78. The van der Waals surface area contributed by atoms with Gasteiger partial charge in [0.05, 0.1) is 35.4 Å². The van der Waals surface area contributed by atoms with E-state index >= 15 is 0 Å². The lowest BCUT2D eigenvalue weighted by molar-refractivity contribution is -0.120. The number of alkyl halides is 2. The van der Waals surface area contributed by atoms with Crippen molar-refractivity contribution in [1.29, 1.82) is 5.26 Å². The van der Waals surface area contributed by atoms with Crippen LogP contribution in [0.4, 0.5) is 33.9 Å². The lowest BCUT2D eigenvalue weighted by Gasteiger charge is -2.15. The summed E-state index contributed by atoms with van der Waals surface area (Å²) in [6.07, 6.45) is -3.31. The second-order valence-corrected chi connectivity index (χ2v) is 8.23. The normalized spacial score (nSPS) is 19.1. The maximum Gasteiger partial charge on any atom is 0.413 e. The highest BCUT2D eigenvalue weighted by Gasteiger charge is 2.65. The van der Waals surface area contributed by atoms with E-state index < -0.39 is 47.6 Å². The molecule has 3 atom stereocenters. The molecule has 0 unspecified atom stereocenters. The standard InChI is InChI=1S/C22H18F4N8O3/c1-10(13-5-11(23)7-29-18(13)26)37-21(36)31-19-16(32-33-34(19)2)15-4-3-12(8-28-15)30-20(35)22(9-27)6-14(22)17(24)25/h3-5,7-8,10,14,17H,6H2,1-2H3,(H,30,35)(H,31,36)/t10-,14-,22-/m1/s1. The molecule has 3 heterocycles. The largest absolute Gasteiger partial charge is 0.441 e. The summed E-state index contributed by atoms with van der Waals surface area (Å²) in [5.74, 6) is -3.91. The van der Waals surface area contributed by atoms with Gasteiger partial charge in [-0.25, -0.2) is 27.6 Å². The van der Waals surface area contributed by atoms with E-state index in [2.05, 4.69) is 30.9 Å². The average molecular weight is 518 g/mol. The Hall–Kier alpha value is -4.61. The van der Waals surface area contributed by atoms with Crippen molar-refractivity contribution in [2.24, 2.45) is 18.4 Å². The van der Waals surface area contributed by atoms with Crippen molar-refractivity contribution in [1.82, 2.24) is 25.0 Å². The Morgan fingerprint density at radius 1 is 1.24 bits per heavy atom. The van der Waals surface area contributed by atoms with Crippen molar-refractivity contribution in [2.75, 3.05) is 10.6 Å². The van der Waals surface area contributed by atoms with Gasteiger partial charge in [-0.2, -0.15) is 9.65 Å². The van der Waals surface area contributed by atoms with Gasteiger partial charge in [0.25, 0.3) is 0 Å². The summed E-state index contributed by atoms with van der Waals surface area (Å²) in [6.45, 7) is 1.33. The van der Waals surface area contributed by atoms with Crippen LogP contribution in [0, 0.1) is 34.4 Å². The molecule has 1 aliphatic rings. The second-order valence-electron chi connectivity index (χ2n) is 8.23. The van der Waals surface area contributed by atoms with Gasteiger partial charge in [0, 0.05) is 13.0 Å². The molecule has 3 aromatic heterocycles. The summed E-state index contributed by atoms with van der Waals surface area (Å²) in [5.41, 5.74) is -1.57. The van der Waals surface area contributed by atoms with Crippen LogP contribution in [-0.2, 0) is 16.6 Å². The number of ether oxygens (including phenoxy) is 1. The third-order valence-electron chi connectivity index (χ3n) is 5.79. The quantitative estimate of drug-likeness (QED) is 0.356. The van der Waals surface area contributed by atoms with Crippen molar-refractivity contribution in [3.63, 3.8) is 0 Å². The number of rotatable bonds is 7. The lowest BCUT2D eigenvalue weighted by atomic mass is 10.1. The number of aryl methyl sites for hydroxylation is 1. The van der Waals surface area contributed by atoms with Gasteiger partial charge in [-0.15, -0.1) is 5.10 Å². The molecule has 0 aliphatic heterocycles. The van der Waals surface area contributed by atoms with Crippen molar-refractivity contribution in [3.8, 4) is 17.5 Å². The van der Waals surface area contributed by atoms with E-state index in [4.69, 9.17) is 4.74 Å². The average Bonchev–Trinajstić information content (AvgIpc) is 3.53. The molecule has 0 spiro atoms. The van der Waals surface area contributed by atoms with Crippen LogP contribution in [-0.4, -0.2) is 43.4 Å². The number of pyridine rings is 2. The first-order valence-electron chi connectivity index (χ1n) is 10.7. The molecule has 0 bridgehead atoms. The Morgan fingerprint density at radius 2 is 2.00 bits per heavy atom. The van der Waals surface area contributed by atoms with Gasteiger partial charge in [0.2, 0.25) is 18.3 Å². The highest BCUT2D eigenvalue weighted by Crippen LogP contribution is 2.55. The highest BCUT2D eigenvalue weighted by molar-refractivity contribution is 5.99. The van der Waals surface area contributed by atoms with Crippen LogP contribution >= 0.6 is 0 Å². The number of aromatic nitrogens is 5. The van der Waals surface area contributed by atoms with Gasteiger partial charge >= 0.3 is 6.09 Å². The van der Waals surface area contributed by atoms with Crippen LogP contribution in [0.15, 0.2) is 30.6 Å². The topological polar surface area (TPSA) is 148 Å². The molecule has 2 N–H and O–H groups in total. The fourth-order valence-corrected chi connectivity index (χ4v) is 3.63. The fourth-order valence-electron chi connectivity index (χ4n) is 3.63. The van der Waals surface area contributed by atoms with Gasteiger partial charge in [0.15, 0.2) is 11.5 Å². The summed E-state index contributed by atoms with van der Waals surface area (Å²) in [5, 5.41) is 21.8. The van der Waals surface area contributed by atoms with Crippen LogP contribution in [0.3, 0.4) is 0 Å². The number of carbonyl (C=O) groups excluding carboxylic acids is 2. The molecule has 15 heteroatoms. The number of nitrogens with one attached hydrogen (secondary N) is 2. The summed E-state index contributed by atoms with van der Waals surface area (Å²) in [6, 6.07) is 5.35. The van der Waals surface area contributed by atoms with Gasteiger partial charge < -0.3 is 10.1 Å². The molecule has 0 saturated heterocycles. The number of nitriles is 1. The number of carbonyl (C=O) groups is 2. The zero-order valence-corrected chi connectivity index (χ0v) is 19.2. The number of amides is 2. The summed E-state index contributed by atoms with van der Waals surface area (Å²) in [7, 11) is 1.47. The zero-order valence-electron chi connectivity index (χ0n) is 19.2. The van der Waals surface area contributed by atoms with E-state index in [1.54, 1.807) is 6.07 Å². The molecule has 37 heavy (non-hydrogen) atoms. The predicted molar refractivity (Wildman–Crippen MR) is 118 cm³/mol. The van der Waals surface area contributed by atoms with E-state index in [1.165, 1.54) is 37.0 Å². The van der Waals surface area contributed by atoms with Crippen LogP contribution in [0.2, 0.25) is 0 Å². The van der Waals surface area contributed by atoms with E-state index in [9.17, 15) is 32.4 Å². The Labute approximate surface area is 206 Å². The first-order chi connectivity index (χ1) is 17.6. The van der Waals surface area contributed by atoms with Crippen molar-refractivity contribution < 1.29 is 31.9 Å². The molecule has 192 valence electrons. The molecule has 3 aromatic rings. The number of nitrogens with zero attached hydrogens (tertiary/aromatic N) is 6. The summed E-state index contributed by atoms with van der Waals surface area (Å²) >= 11 is 0. The van der Waals surface area contributed by atoms with Crippen LogP contribution in [0.1, 0.15) is 25.0 Å². The molecule has 1 fully saturated rings. The van der Waals surface area contributed by atoms with E-state index in [0.717, 1.165) is 6.07 Å². The minimum Gasteiger partial charge on any atom is -0.441 e. The van der Waals surface area contributed by atoms with Crippen molar-refractivity contribution in [3.05, 3.63) is 47.9 Å². The van der Waals surface area contributed by atoms with Crippen LogP contribution in [0.25, 0.3) is 11.4 Å². The monoisotopic (exact) mass is 518 g/mol. The van der Waals surface area contributed by atoms with Gasteiger partial charge in [-0.3, -0.25) is 15.1 Å². The van der Waals surface area contributed by atoms with E-state index in [0.29, 0.717) is 6.20 Å². The third-order valence-corrected chi connectivity index (χ3v) is 5.79. The number of halogens is 4. The Morgan fingerprint density at radius 3 is 2.62 bits per heavy atom. The molecule has 1 saturated carbocycles. The molecular weight excluding hydrogens is 500 g/mol. The number of hydrogen-bond donors (Lipinski definition) is 2. The lowest BCUT2D eigenvalue weighted by Crippen LogP contribution is -2.26. The van der Waals surface area contributed by atoms with Gasteiger partial charge in [-0.05, 0) is 31.5 Å². The first-order valence-corrected chi connectivity index (χ1v) is 10.7. The molecule has 4 rings (SSSR count). The molecule has 0 aromatic carbocycles. The van der Waals surface area contributed by atoms with Gasteiger partial charge in [0.1, 0.15) is 17.3 Å². The molecule has 1 aliphatic carbocycles. The predicted octanol–water partition coefficient (Wildman–Crippen LogP) is 3.59. The van der Waals surface area contributed by atoms with Gasteiger partial charge in [-0.1, -0.05) is 5.21 Å². The molecule has 2 amide bonds. The SMILES string of the molecule is C[C@@H](OC(=O)Nc1c(-c2ccc(NC(=O)[C@@]3(C#N)C[C@@H]3C(F)F)cn2)nnn1C)c1cc(F)cnc1F. The van der Waals surface area contributed by atoms with Crippen LogP contribution in [0.5, 0.6) is 0 Å². The van der Waals surface area contributed by atoms with E-state index in [-0.39, 0.29) is 34.9 Å². The molecule has 0 radical (unpaired) electrons. The van der Waals surface area contributed by atoms with Crippen molar-refractivity contribution in [2.45, 2.75) is 25.9 Å². The molecular formula is C22H18F4N8O3.